The quantitative estimate of drug-likeness (QED) is 0.302. The monoisotopic (exact) mass is 448 g/mol. The molecule has 0 bridgehead atoms. The molecule has 4 aromatic rings. The molecule has 0 fully saturated rings. The van der Waals surface area contributed by atoms with Crippen LogP contribution in [0, 0.1) is 24.0 Å². The van der Waals surface area contributed by atoms with Gasteiger partial charge in [0.2, 0.25) is 0 Å². The number of benzene rings is 2. The molecular weight excluding hydrogens is 428 g/mol. The first-order valence-corrected chi connectivity index (χ1v) is 10.6. The molecule has 162 valence electrons. The van der Waals surface area contributed by atoms with E-state index >= 15 is 0 Å². The molecule has 0 saturated carbocycles. The predicted octanol–water partition coefficient (Wildman–Crippen LogP) is 5.07. The summed E-state index contributed by atoms with van der Waals surface area (Å²) in [7, 11) is 1.58. The maximum absolute atomic E-state index is 13.7. The Morgan fingerprint density at radius 2 is 1.97 bits per heavy atom. The summed E-state index contributed by atoms with van der Waals surface area (Å²) in [5.74, 6) is 0.234. The van der Waals surface area contributed by atoms with Crippen molar-refractivity contribution in [3.63, 3.8) is 0 Å². The molecule has 4 rings (SSSR count). The molecule has 1 amide bonds. The van der Waals surface area contributed by atoms with Crippen LogP contribution in [0.5, 0.6) is 5.75 Å². The number of hydrogen-bond donors (Lipinski definition) is 0. The molecule has 0 unspecified atom stereocenters. The van der Waals surface area contributed by atoms with Crippen molar-refractivity contribution in [1.82, 2.24) is 9.97 Å². The van der Waals surface area contributed by atoms with Crippen molar-refractivity contribution in [3.8, 4) is 5.75 Å². The van der Waals surface area contributed by atoms with Crippen LogP contribution in [-0.4, -0.2) is 27.9 Å². The van der Waals surface area contributed by atoms with Gasteiger partial charge in [0.25, 0.3) is 11.6 Å². The molecule has 32 heavy (non-hydrogen) atoms. The van der Waals surface area contributed by atoms with E-state index in [1.807, 2.05) is 31.2 Å². The molecule has 9 heteroatoms. The van der Waals surface area contributed by atoms with Crippen LogP contribution in [0.15, 0.2) is 54.7 Å². The zero-order chi connectivity index (χ0) is 22.8. The summed E-state index contributed by atoms with van der Waals surface area (Å²) < 4.78 is 6.36. The summed E-state index contributed by atoms with van der Waals surface area (Å²) in [5, 5.41) is 11.9. The number of nitro benzene ring substituents is 1. The smallest absolute Gasteiger partial charge is 0.273 e. The van der Waals surface area contributed by atoms with E-state index in [0.717, 1.165) is 10.3 Å². The van der Waals surface area contributed by atoms with Crippen LogP contribution < -0.4 is 9.64 Å². The summed E-state index contributed by atoms with van der Waals surface area (Å²) in [4.78, 5) is 35.2. The number of aryl methyl sites for hydroxylation is 1. The van der Waals surface area contributed by atoms with Crippen LogP contribution in [0.3, 0.4) is 0 Å². The highest BCUT2D eigenvalue weighted by Crippen LogP contribution is 2.37. The number of pyridine rings is 1. The normalized spacial score (nSPS) is 10.8. The van der Waals surface area contributed by atoms with Gasteiger partial charge in [0, 0.05) is 23.4 Å². The van der Waals surface area contributed by atoms with Crippen LogP contribution in [-0.2, 0) is 6.54 Å². The van der Waals surface area contributed by atoms with Crippen LogP contribution in [0.25, 0.3) is 10.2 Å². The first-order chi connectivity index (χ1) is 15.4. The van der Waals surface area contributed by atoms with Gasteiger partial charge in [-0.25, -0.2) is 4.98 Å². The second-order valence-electron chi connectivity index (χ2n) is 7.18. The third-order valence-corrected chi connectivity index (χ3v) is 6.38. The number of rotatable bonds is 6. The number of methoxy groups -OCH3 is 1. The van der Waals surface area contributed by atoms with Crippen LogP contribution in [0.1, 0.15) is 27.2 Å². The third-order valence-electron chi connectivity index (χ3n) is 5.17. The van der Waals surface area contributed by atoms with Gasteiger partial charge in [-0.15, -0.1) is 0 Å². The summed E-state index contributed by atoms with van der Waals surface area (Å²) in [5.41, 5.74) is 2.81. The number of carbonyl (C=O) groups excluding carboxylic acids is 1. The number of carbonyl (C=O) groups is 1. The molecule has 0 N–H and O–H groups in total. The van der Waals surface area contributed by atoms with E-state index in [0.29, 0.717) is 27.7 Å². The Bertz CT molecular complexity index is 1320. The minimum atomic E-state index is -0.485. The van der Waals surface area contributed by atoms with Crippen molar-refractivity contribution < 1.29 is 14.5 Å². The molecule has 2 heterocycles. The van der Waals surface area contributed by atoms with Crippen molar-refractivity contribution in [1.29, 1.82) is 0 Å². The maximum atomic E-state index is 13.7. The maximum Gasteiger partial charge on any atom is 0.273 e. The molecule has 0 aliphatic rings. The van der Waals surface area contributed by atoms with Gasteiger partial charge in [-0.2, -0.15) is 0 Å². The van der Waals surface area contributed by atoms with Gasteiger partial charge in [0.15, 0.2) is 5.13 Å². The van der Waals surface area contributed by atoms with Gasteiger partial charge in [-0.05, 0) is 43.7 Å². The van der Waals surface area contributed by atoms with E-state index < -0.39 is 4.92 Å². The largest absolute Gasteiger partial charge is 0.494 e. The summed E-state index contributed by atoms with van der Waals surface area (Å²) >= 11 is 1.37. The SMILES string of the molecule is COc1ccc(C)c2sc(N(Cc3ccccn3)C(=O)c3cccc([N+](=O)[O-])c3C)nc12. The Balaban J connectivity index is 1.86. The Labute approximate surface area is 188 Å². The highest BCUT2D eigenvalue weighted by Gasteiger charge is 2.27. The molecule has 2 aromatic heterocycles. The standard InChI is InChI=1S/C23H20N4O4S/c1-14-10-11-19(31-3)20-21(14)32-23(25-20)26(13-16-7-4-5-12-24-16)22(28)17-8-6-9-18(15(17)2)27(29)30/h4-12H,13H2,1-3H3. The lowest BCUT2D eigenvalue weighted by atomic mass is 10.1. The van der Waals surface area contributed by atoms with Gasteiger partial charge >= 0.3 is 0 Å². The lowest BCUT2D eigenvalue weighted by Gasteiger charge is -2.20. The van der Waals surface area contributed by atoms with E-state index in [1.165, 1.54) is 28.4 Å². The molecule has 8 nitrogen and oxygen atoms in total. The van der Waals surface area contributed by atoms with E-state index in [-0.39, 0.29) is 23.7 Å². The van der Waals surface area contributed by atoms with Gasteiger partial charge in [-0.1, -0.05) is 29.5 Å². The van der Waals surface area contributed by atoms with Gasteiger partial charge < -0.3 is 4.74 Å². The zero-order valence-corrected chi connectivity index (χ0v) is 18.5. The summed E-state index contributed by atoms with van der Waals surface area (Å²) in [6, 6.07) is 13.7. The van der Waals surface area contributed by atoms with E-state index in [9.17, 15) is 14.9 Å². The molecule has 0 saturated heterocycles. The Morgan fingerprint density at radius 1 is 1.16 bits per heavy atom. The second kappa shape index (κ2) is 8.72. The number of thiazole rings is 1. The minimum Gasteiger partial charge on any atom is -0.494 e. The molecule has 0 aliphatic heterocycles. The van der Waals surface area contributed by atoms with Crippen LogP contribution in [0.2, 0.25) is 0 Å². The van der Waals surface area contributed by atoms with Crippen LogP contribution in [0.4, 0.5) is 10.8 Å². The van der Waals surface area contributed by atoms with Crippen LogP contribution >= 0.6 is 11.3 Å². The topological polar surface area (TPSA) is 98.5 Å². The molecule has 0 spiro atoms. The van der Waals surface area contributed by atoms with E-state index in [1.54, 1.807) is 32.4 Å². The van der Waals surface area contributed by atoms with Crippen molar-refractivity contribution in [2.24, 2.45) is 0 Å². The number of nitrogens with zero attached hydrogens (tertiary/aromatic N) is 4. The lowest BCUT2D eigenvalue weighted by molar-refractivity contribution is -0.385. The number of fused-ring (bicyclic) bond motifs is 1. The van der Waals surface area contributed by atoms with Crippen molar-refractivity contribution in [2.75, 3.05) is 12.0 Å². The number of aromatic nitrogens is 2. The molecule has 0 aliphatic carbocycles. The highest BCUT2D eigenvalue weighted by molar-refractivity contribution is 7.22. The van der Waals surface area contributed by atoms with Gasteiger partial charge in [-0.3, -0.25) is 24.8 Å². The second-order valence-corrected chi connectivity index (χ2v) is 8.16. The number of amides is 1. The van der Waals surface area contributed by atoms with Gasteiger partial charge in [0.05, 0.1) is 29.0 Å². The molecule has 2 aromatic carbocycles. The predicted molar refractivity (Wildman–Crippen MR) is 123 cm³/mol. The number of ether oxygens (including phenoxy) is 1. The first kappa shape index (κ1) is 21.4. The molecule has 0 atom stereocenters. The molecule has 0 radical (unpaired) electrons. The zero-order valence-electron chi connectivity index (χ0n) is 17.7. The Kier molecular flexibility index (Phi) is 5.83. The fraction of sp³-hybridized carbons (Fsp3) is 0.174. The summed E-state index contributed by atoms with van der Waals surface area (Å²) in [6.45, 7) is 3.72. The minimum absolute atomic E-state index is 0.101. The first-order valence-electron chi connectivity index (χ1n) is 9.80. The third kappa shape index (κ3) is 3.90. The fourth-order valence-electron chi connectivity index (χ4n) is 3.46. The summed E-state index contributed by atoms with van der Waals surface area (Å²) in [6.07, 6.45) is 1.65. The van der Waals surface area contributed by atoms with Crippen molar-refractivity contribution in [2.45, 2.75) is 20.4 Å². The Hall–Kier alpha value is -3.85. The lowest BCUT2D eigenvalue weighted by Crippen LogP contribution is -2.31. The number of anilines is 1. The average Bonchev–Trinajstić information content (AvgIpc) is 3.24. The number of hydrogen-bond acceptors (Lipinski definition) is 7. The highest BCUT2D eigenvalue weighted by atomic mass is 32.1. The van der Waals surface area contributed by atoms with Crippen molar-refractivity contribution >= 4 is 38.3 Å². The fourth-order valence-corrected chi connectivity index (χ4v) is 4.51. The average molecular weight is 449 g/mol. The Morgan fingerprint density at radius 3 is 2.66 bits per heavy atom. The number of nitro groups is 1. The van der Waals surface area contributed by atoms with Crippen molar-refractivity contribution in [3.05, 3.63) is 87.2 Å². The van der Waals surface area contributed by atoms with Gasteiger partial charge in [0.1, 0.15) is 11.3 Å². The van der Waals surface area contributed by atoms with E-state index in [2.05, 4.69) is 4.98 Å². The van der Waals surface area contributed by atoms with E-state index in [4.69, 9.17) is 9.72 Å². The molecular formula is C23H20N4O4S.